The second-order valence-corrected chi connectivity index (χ2v) is 5.05. The van der Waals surface area contributed by atoms with Gasteiger partial charge in [0.05, 0.1) is 5.92 Å². The molecule has 2 rings (SSSR count). The molecule has 98 valence electrons. The number of aliphatic carboxylic acids is 1. The minimum atomic E-state index is -0.658. The van der Waals surface area contributed by atoms with Crippen molar-refractivity contribution in [2.45, 2.75) is 19.4 Å². The van der Waals surface area contributed by atoms with Crippen molar-refractivity contribution in [3.8, 4) is 0 Å². The van der Waals surface area contributed by atoms with E-state index in [1.165, 1.54) is 0 Å². The van der Waals surface area contributed by atoms with Crippen LogP contribution in [0.25, 0.3) is 0 Å². The maximum absolute atomic E-state index is 11.0. The van der Waals surface area contributed by atoms with Crippen LogP contribution >= 0.6 is 0 Å². The topological polar surface area (TPSA) is 55.8 Å². The van der Waals surface area contributed by atoms with E-state index >= 15 is 0 Å². The van der Waals surface area contributed by atoms with Gasteiger partial charge in [-0.3, -0.25) is 9.69 Å². The third-order valence-corrected chi connectivity index (χ3v) is 4.05. The Morgan fingerprint density at radius 1 is 1.29 bits per heavy atom. The van der Waals surface area contributed by atoms with E-state index in [0.717, 1.165) is 45.7 Å². The highest BCUT2D eigenvalue weighted by atomic mass is 16.4. The van der Waals surface area contributed by atoms with Gasteiger partial charge in [-0.2, -0.15) is 0 Å². The number of piperidine rings is 1. The van der Waals surface area contributed by atoms with Crippen molar-refractivity contribution in [2.75, 3.05) is 45.8 Å². The zero-order valence-electron chi connectivity index (χ0n) is 10.6. The molecule has 2 N–H and O–H groups in total. The van der Waals surface area contributed by atoms with Crippen LogP contribution in [0.1, 0.15) is 13.3 Å². The van der Waals surface area contributed by atoms with Gasteiger partial charge in [0.2, 0.25) is 0 Å². The average Bonchev–Trinajstić information content (AvgIpc) is 2.39. The van der Waals surface area contributed by atoms with E-state index in [1.54, 1.807) is 0 Å². The van der Waals surface area contributed by atoms with Gasteiger partial charge in [-0.25, -0.2) is 0 Å². The fourth-order valence-corrected chi connectivity index (χ4v) is 2.83. The van der Waals surface area contributed by atoms with E-state index < -0.39 is 5.97 Å². The molecule has 17 heavy (non-hydrogen) atoms. The highest BCUT2D eigenvalue weighted by Gasteiger charge is 2.31. The highest BCUT2D eigenvalue weighted by molar-refractivity contribution is 5.70. The van der Waals surface area contributed by atoms with Crippen LogP contribution in [0.2, 0.25) is 0 Å². The van der Waals surface area contributed by atoms with Crippen LogP contribution in [0.15, 0.2) is 0 Å². The first-order valence-electron chi connectivity index (χ1n) is 6.60. The zero-order valence-corrected chi connectivity index (χ0v) is 10.6. The molecule has 2 heterocycles. The van der Waals surface area contributed by atoms with Gasteiger partial charge >= 0.3 is 5.97 Å². The van der Waals surface area contributed by atoms with Crippen LogP contribution in [0, 0.1) is 5.92 Å². The lowest BCUT2D eigenvalue weighted by Gasteiger charge is -2.41. The fourth-order valence-electron chi connectivity index (χ4n) is 2.83. The average molecular weight is 241 g/mol. The number of carboxylic acids is 1. The van der Waals surface area contributed by atoms with Crippen LogP contribution in [0.5, 0.6) is 0 Å². The van der Waals surface area contributed by atoms with E-state index in [-0.39, 0.29) is 5.92 Å². The molecule has 0 saturated carbocycles. The molecule has 2 saturated heterocycles. The Bertz CT molecular complexity index is 264. The normalized spacial score (nSPS) is 32.5. The van der Waals surface area contributed by atoms with E-state index in [0.29, 0.717) is 12.6 Å². The minimum Gasteiger partial charge on any atom is -0.481 e. The summed E-state index contributed by atoms with van der Waals surface area (Å²) in [5, 5.41) is 12.3. The van der Waals surface area contributed by atoms with Gasteiger partial charge < -0.3 is 15.3 Å². The van der Waals surface area contributed by atoms with Gasteiger partial charge in [-0.05, 0) is 13.0 Å². The molecule has 0 aromatic heterocycles. The predicted molar refractivity (Wildman–Crippen MR) is 66.1 cm³/mol. The summed E-state index contributed by atoms with van der Waals surface area (Å²) >= 11 is 0. The van der Waals surface area contributed by atoms with Gasteiger partial charge in [-0.1, -0.05) is 6.92 Å². The first-order chi connectivity index (χ1) is 8.20. The molecule has 2 fully saturated rings. The highest BCUT2D eigenvalue weighted by Crippen LogP contribution is 2.17. The Labute approximate surface area is 103 Å². The molecule has 0 spiro atoms. The first kappa shape index (κ1) is 12.8. The SMILES string of the molecule is CCN1CCN([C@H]2CNC[C@@H](C(=O)O)C2)CC1. The molecule has 2 aliphatic heterocycles. The second-order valence-electron chi connectivity index (χ2n) is 5.05. The Hall–Kier alpha value is -0.650. The van der Waals surface area contributed by atoms with Crippen molar-refractivity contribution in [2.24, 2.45) is 5.92 Å². The lowest BCUT2D eigenvalue weighted by atomic mass is 9.94. The van der Waals surface area contributed by atoms with Crippen LogP contribution in [0.4, 0.5) is 0 Å². The van der Waals surface area contributed by atoms with E-state index in [4.69, 9.17) is 5.11 Å². The number of rotatable bonds is 3. The third-order valence-electron chi connectivity index (χ3n) is 4.05. The summed E-state index contributed by atoms with van der Waals surface area (Å²) in [5.41, 5.74) is 0. The smallest absolute Gasteiger partial charge is 0.307 e. The quantitative estimate of drug-likeness (QED) is 0.710. The molecule has 0 aromatic rings. The summed E-state index contributed by atoms with van der Waals surface area (Å²) in [4.78, 5) is 15.9. The first-order valence-corrected chi connectivity index (χ1v) is 6.60. The van der Waals surface area contributed by atoms with Crippen LogP contribution < -0.4 is 5.32 Å². The molecule has 2 atom stereocenters. The molecule has 0 bridgehead atoms. The van der Waals surface area contributed by atoms with E-state index in [9.17, 15) is 4.79 Å². The number of nitrogens with one attached hydrogen (secondary N) is 1. The summed E-state index contributed by atoms with van der Waals surface area (Å²) < 4.78 is 0. The standard InChI is InChI=1S/C12H23N3O2/c1-2-14-3-5-15(6-4-14)11-7-10(12(16)17)8-13-9-11/h10-11,13H,2-9H2,1H3,(H,16,17)/t10-,11+/m0/s1. The summed E-state index contributed by atoms with van der Waals surface area (Å²) in [5.74, 6) is -0.868. The van der Waals surface area contributed by atoms with Crippen molar-refractivity contribution in [3.05, 3.63) is 0 Å². The van der Waals surface area contributed by atoms with Crippen molar-refractivity contribution >= 4 is 5.97 Å². The monoisotopic (exact) mass is 241 g/mol. The van der Waals surface area contributed by atoms with Crippen LogP contribution in [-0.2, 0) is 4.79 Å². The molecular weight excluding hydrogens is 218 g/mol. The molecular formula is C12H23N3O2. The summed E-state index contributed by atoms with van der Waals surface area (Å²) in [6, 6.07) is 0.406. The van der Waals surface area contributed by atoms with E-state index in [2.05, 4.69) is 22.0 Å². The Morgan fingerprint density at radius 2 is 2.00 bits per heavy atom. The van der Waals surface area contributed by atoms with Gasteiger partial charge in [0.1, 0.15) is 0 Å². The largest absolute Gasteiger partial charge is 0.481 e. The number of likely N-dealkylation sites (N-methyl/N-ethyl adjacent to an activating group) is 1. The lowest BCUT2D eigenvalue weighted by Crippen LogP contribution is -2.56. The molecule has 0 radical (unpaired) electrons. The number of hydrogen-bond donors (Lipinski definition) is 2. The number of carbonyl (C=O) groups is 1. The van der Waals surface area contributed by atoms with Gasteiger partial charge in [0, 0.05) is 45.3 Å². The minimum absolute atomic E-state index is 0.210. The number of piperazine rings is 1. The van der Waals surface area contributed by atoms with Crippen molar-refractivity contribution in [1.29, 1.82) is 0 Å². The van der Waals surface area contributed by atoms with Gasteiger partial charge in [0.15, 0.2) is 0 Å². The second kappa shape index (κ2) is 5.80. The van der Waals surface area contributed by atoms with Crippen LogP contribution in [0.3, 0.4) is 0 Å². The van der Waals surface area contributed by atoms with Crippen molar-refractivity contribution < 1.29 is 9.90 Å². The van der Waals surface area contributed by atoms with Crippen LogP contribution in [-0.4, -0.2) is 72.7 Å². The summed E-state index contributed by atoms with van der Waals surface area (Å²) in [6.07, 6.45) is 0.800. The predicted octanol–water partition coefficient (Wildman–Crippen LogP) is -0.313. The maximum Gasteiger partial charge on any atom is 0.307 e. The lowest BCUT2D eigenvalue weighted by molar-refractivity contribution is -0.143. The zero-order chi connectivity index (χ0) is 12.3. The molecule has 0 aliphatic carbocycles. The molecule has 0 aromatic carbocycles. The maximum atomic E-state index is 11.0. The molecule has 2 aliphatic rings. The summed E-state index contributed by atoms with van der Waals surface area (Å²) in [7, 11) is 0. The molecule has 5 heteroatoms. The van der Waals surface area contributed by atoms with Crippen molar-refractivity contribution in [3.63, 3.8) is 0 Å². The molecule has 0 amide bonds. The van der Waals surface area contributed by atoms with Gasteiger partial charge in [-0.15, -0.1) is 0 Å². The fraction of sp³-hybridized carbons (Fsp3) is 0.917. The molecule has 5 nitrogen and oxygen atoms in total. The Morgan fingerprint density at radius 3 is 2.59 bits per heavy atom. The Kier molecular flexibility index (Phi) is 4.36. The number of nitrogens with zero attached hydrogens (tertiary/aromatic N) is 2. The van der Waals surface area contributed by atoms with E-state index in [1.807, 2.05) is 0 Å². The number of carboxylic acid groups (broad SMARTS) is 1. The Balaban J connectivity index is 1.84. The van der Waals surface area contributed by atoms with Gasteiger partial charge in [0.25, 0.3) is 0 Å². The van der Waals surface area contributed by atoms with Crippen molar-refractivity contribution in [1.82, 2.24) is 15.1 Å². The summed E-state index contributed by atoms with van der Waals surface area (Å²) in [6.45, 7) is 9.26. The molecule has 0 unspecified atom stereocenters. The third kappa shape index (κ3) is 3.18. The number of hydrogen-bond acceptors (Lipinski definition) is 4.